The summed E-state index contributed by atoms with van der Waals surface area (Å²) in [6.45, 7) is 17.0. The fourth-order valence-electron chi connectivity index (χ4n) is 12.9. The normalized spacial score (nSPS) is 54.3. The van der Waals surface area contributed by atoms with Crippen LogP contribution in [0, 0.1) is 50.7 Å². The maximum atomic E-state index is 12.4. The number of ether oxygens (including phenoxy) is 2. The number of carbonyl (C=O) groups is 1. The van der Waals surface area contributed by atoms with Gasteiger partial charge in [-0.3, -0.25) is 4.79 Å². The van der Waals surface area contributed by atoms with Crippen LogP contribution in [0.5, 0.6) is 0 Å². The molecule has 0 aromatic carbocycles. The third-order valence-corrected chi connectivity index (χ3v) is 14.5. The maximum Gasteiger partial charge on any atom is 0.303 e. The molecule has 222 valence electrons. The van der Waals surface area contributed by atoms with Crippen LogP contribution in [0.25, 0.3) is 0 Å². The molecule has 0 aromatic rings. The van der Waals surface area contributed by atoms with E-state index in [1.165, 1.54) is 45.4 Å². The van der Waals surface area contributed by atoms with E-state index >= 15 is 0 Å². The topological polar surface area (TPSA) is 88.0 Å². The van der Waals surface area contributed by atoms with E-state index in [9.17, 15) is 15.0 Å². The second-order valence-electron chi connectivity index (χ2n) is 16.6. The maximum absolute atomic E-state index is 12.4. The van der Waals surface area contributed by atoms with Crippen molar-refractivity contribution in [2.45, 2.75) is 143 Å². The monoisotopic (exact) mass is 545 g/mol. The molecule has 6 aliphatic rings. The lowest BCUT2D eigenvalue weighted by Crippen LogP contribution is -2.60. The molecule has 0 amide bonds. The van der Waals surface area contributed by atoms with Crippen LogP contribution in [0.15, 0.2) is 0 Å². The van der Waals surface area contributed by atoms with Crippen LogP contribution in [0.2, 0.25) is 0 Å². The van der Waals surface area contributed by atoms with E-state index in [2.05, 4.69) is 47.0 Å². The molecule has 0 radical (unpaired) electrons. The third kappa shape index (κ3) is 3.38. The highest BCUT2D eigenvalue weighted by Gasteiger charge is 2.84. The van der Waals surface area contributed by atoms with Crippen LogP contribution in [0.4, 0.5) is 0 Å². The van der Waals surface area contributed by atoms with Crippen LogP contribution in [0.3, 0.4) is 0 Å². The van der Waals surface area contributed by atoms with Gasteiger partial charge in [0.25, 0.3) is 0 Å². The lowest BCUT2D eigenvalue weighted by atomic mass is 9.41. The van der Waals surface area contributed by atoms with Gasteiger partial charge in [-0.25, -0.2) is 0 Å². The van der Waals surface area contributed by atoms with Gasteiger partial charge >= 0.3 is 5.97 Å². The zero-order chi connectivity index (χ0) is 28.6. The summed E-state index contributed by atoms with van der Waals surface area (Å²) in [7, 11) is 2.14. The van der Waals surface area contributed by atoms with Crippen LogP contribution in [0.1, 0.15) is 107 Å². The Bertz CT molecular complexity index is 1020. The average molecular weight is 546 g/mol. The highest BCUT2D eigenvalue weighted by atomic mass is 16.6. The van der Waals surface area contributed by atoms with Crippen molar-refractivity contribution in [1.29, 1.82) is 0 Å². The Morgan fingerprint density at radius 2 is 1.69 bits per heavy atom. The Morgan fingerprint density at radius 1 is 1.05 bits per heavy atom. The van der Waals surface area contributed by atoms with Crippen molar-refractivity contribution >= 4 is 5.97 Å². The minimum Gasteiger partial charge on any atom is -0.457 e. The van der Waals surface area contributed by atoms with Gasteiger partial charge in [0.1, 0.15) is 0 Å². The molecule has 2 unspecified atom stereocenters. The molecule has 3 N–H and O–H groups in total. The first-order valence-electron chi connectivity index (χ1n) is 15.9. The van der Waals surface area contributed by atoms with E-state index in [0.717, 1.165) is 18.8 Å². The van der Waals surface area contributed by atoms with Gasteiger partial charge in [0.15, 0.2) is 6.10 Å². The number of hydrogen-bond donors (Lipinski definition) is 3. The first kappa shape index (κ1) is 28.4. The Labute approximate surface area is 236 Å². The number of rotatable bonds is 4. The fourth-order valence-corrected chi connectivity index (χ4v) is 12.9. The largest absolute Gasteiger partial charge is 0.457 e. The lowest BCUT2D eigenvalue weighted by Gasteiger charge is -2.64. The minimum atomic E-state index is -1.23. The number of aliphatic hydroxyl groups excluding tert-OH is 1. The molecule has 39 heavy (non-hydrogen) atoms. The molecule has 0 aromatic heterocycles. The number of carbonyl (C=O) groups excluding carboxylic acids is 1. The van der Waals surface area contributed by atoms with Gasteiger partial charge in [-0.2, -0.15) is 0 Å². The number of esters is 1. The third-order valence-electron chi connectivity index (χ3n) is 14.5. The predicted molar refractivity (Wildman–Crippen MR) is 151 cm³/mol. The van der Waals surface area contributed by atoms with E-state index in [-0.39, 0.29) is 22.9 Å². The van der Waals surface area contributed by atoms with Crippen molar-refractivity contribution in [3.63, 3.8) is 0 Å². The number of fused-ring (bicyclic) bond motifs is 4. The van der Waals surface area contributed by atoms with Crippen LogP contribution in [-0.2, 0) is 14.3 Å². The van der Waals surface area contributed by atoms with Gasteiger partial charge < -0.3 is 25.0 Å². The molecule has 5 saturated carbocycles. The molecule has 5 aliphatic carbocycles. The Balaban J connectivity index is 1.34. The summed E-state index contributed by atoms with van der Waals surface area (Å²) in [5, 5.41) is 27.0. The van der Waals surface area contributed by atoms with Gasteiger partial charge in [0.2, 0.25) is 0 Å². The second kappa shape index (κ2) is 8.45. The number of hydrogen-bond acceptors (Lipinski definition) is 6. The molecule has 6 heteroatoms. The van der Waals surface area contributed by atoms with E-state index in [4.69, 9.17) is 9.47 Å². The molecule has 1 heterocycles. The Hall–Kier alpha value is -0.690. The first-order valence-corrected chi connectivity index (χ1v) is 15.9. The first-order chi connectivity index (χ1) is 18.0. The summed E-state index contributed by atoms with van der Waals surface area (Å²) in [5.41, 5.74) is -0.370. The summed E-state index contributed by atoms with van der Waals surface area (Å²) in [6, 6.07) is 0.582. The van der Waals surface area contributed by atoms with Gasteiger partial charge in [0.05, 0.1) is 23.9 Å². The molecule has 2 spiro atoms. The molecule has 6 fully saturated rings. The highest BCUT2D eigenvalue weighted by Crippen LogP contribution is 2.89. The van der Waals surface area contributed by atoms with Crippen molar-refractivity contribution in [3.05, 3.63) is 0 Å². The van der Waals surface area contributed by atoms with E-state index < -0.39 is 29.9 Å². The van der Waals surface area contributed by atoms with E-state index in [1.54, 1.807) is 13.8 Å². The van der Waals surface area contributed by atoms with Crippen LogP contribution in [-0.4, -0.2) is 59.3 Å². The smallest absolute Gasteiger partial charge is 0.303 e. The molecular weight excluding hydrogens is 490 g/mol. The van der Waals surface area contributed by atoms with Crippen molar-refractivity contribution in [3.8, 4) is 0 Å². The predicted octanol–water partition coefficient (Wildman–Crippen LogP) is 5.09. The Morgan fingerprint density at radius 3 is 2.31 bits per heavy atom. The lowest BCUT2D eigenvalue weighted by molar-refractivity contribution is -0.216. The van der Waals surface area contributed by atoms with Gasteiger partial charge in [-0.1, -0.05) is 34.6 Å². The fraction of sp³-hybridized carbons (Fsp3) is 0.970. The number of aliphatic hydroxyl groups is 2. The van der Waals surface area contributed by atoms with Crippen LogP contribution < -0.4 is 5.32 Å². The van der Waals surface area contributed by atoms with Crippen LogP contribution >= 0.6 is 0 Å². The Kier molecular flexibility index (Phi) is 6.16. The molecule has 13 atom stereocenters. The molecule has 1 aliphatic heterocycles. The van der Waals surface area contributed by atoms with E-state index in [1.807, 2.05) is 0 Å². The zero-order valence-electron chi connectivity index (χ0n) is 26.0. The van der Waals surface area contributed by atoms with Gasteiger partial charge in [0, 0.05) is 18.4 Å². The molecular formula is C33H55NO5. The summed E-state index contributed by atoms with van der Waals surface area (Å²) < 4.78 is 12.5. The molecule has 0 bridgehead atoms. The SMILES string of the molecule is CN[C@H]1CC[C@]23C[C@]24CC[C@]2(C)C5C(O[C@@H]([C@H](OC(C)=O)C(C)(C)O)C[C@H]5C)[C@H](O)[C@@]2(C)[C@@H]4CC[C@H]3C1(C)C. The molecule has 6 nitrogen and oxygen atoms in total. The summed E-state index contributed by atoms with van der Waals surface area (Å²) >= 11 is 0. The minimum absolute atomic E-state index is 0.00262. The van der Waals surface area contributed by atoms with Crippen molar-refractivity contribution in [1.82, 2.24) is 5.32 Å². The average Bonchev–Trinajstić information content (AvgIpc) is 3.46. The zero-order valence-corrected chi connectivity index (χ0v) is 26.0. The van der Waals surface area contributed by atoms with Crippen molar-refractivity contribution in [2.75, 3.05) is 7.05 Å². The van der Waals surface area contributed by atoms with Gasteiger partial charge in [-0.15, -0.1) is 0 Å². The van der Waals surface area contributed by atoms with E-state index in [0.29, 0.717) is 34.1 Å². The second-order valence-corrected chi connectivity index (χ2v) is 16.6. The summed E-state index contributed by atoms with van der Waals surface area (Å²) in [6.07, 6.45) is 7.50. The quantitative estimate of drug-likeness (QED) is 0.427. The van der Waals surface area contributed by atoms with Gasteiger partial charge in [-0.05, 0) is 118 Å². The molecule has 6 rings (SSSR count). The summed E-state index contributed by atoms with van der Waals surface area (Å²) in [5.74, 6) is 1.41. The molecule has 1 saturated heterocycles. The van der Waals surface area contributed by atoms with Crippen molar-refractivity contribution in [2.24, 2.45) is 50.7 Å². The van der Waals surface area contributed by atoms with Crippen molar-refractivity contribution < 1.29 is 24.5 Å². The number of nitrogens with one attached hydrogen (secondary N) is 1. The standard InChI is InChI=1S/C33H55NO5/c1-18-16-20(27(29(5,6)37)38-19(2)35)39-25-24(18)30(7)14-15-33-17-32(33)13-12-23(34-9)28(3,4)21(32)10-11-22(33)31(30,8)26(25)36/h18,20-27,34,36-37H,10-17H2,1-9H3/t18-,20-,21+,22+,23+,24?,25?,26+,27+,30-,31-,32-,33+/m1/s1. The highest BCUT2D eigenvalue weighted by molar-refractivity contribution is 5.66. The summed E-state index contributed by atoms with van der Waals surface area (Å²) in [4.78, 5) is 12.0.